The molecule has 1 aliphatic rings. The maximum absolute atomic E-state index is 13.1. The van der Waals surface area contributed by atoms with Gasteiger partial charge in [-0.3, -0.25) is 4.98 Å². The fraction of sp³-hybridized carbons (Fsp3) is 0.333. The average molecular weight is 310 g/mol. The number of aromatic carboxylic acids is 1. The van der Waals surface area contributed by atoms with Crippen molar-refractivity contribution in [2.75, 3.05) is 11.4 Å². The zero-order chi connectivity index (χ0) is 15.9. The molecule has 1 aromatic carbocycles. The molecule has 0 bridgehead atoms. The third-order valence-electron chi connectivity index (χ3n) is 3.92. The number of anilines is 1. The van der Waals surface area contributed by atoms with Gasteiger partial charge in [0.1, 0.15) is 6.04 Å². The Morgan fingerprint density at radius 2 is 2.09 bits per heavy atom. The normalized spacial score (nSPS) is 18.9. The van der Waals surface area contributed by atoms with E-state index in [4.69, 9.17) is 0 Å². The number of nitrogens with zero attached hydrogens (tertiary/aromatic N) is 2. The third kappa shape index (κ3) is 2.47. The minimum atomic E-state index is -4.30. The monoisotopic (exact) mass is 310 g/mol. The first-order valence-corrected chi connectivity index (χ1v) is 6.83. The number of hydrogen-bond donors (Lipinski definition) is 1. The van der Waals surface area contributed by atoms with Gasteiger partial charge in [-0.1, -0.05) is 0 Å². The second kappa shape index (κ2) is 5.15. The van der Waals surface area contributed by atoms with Crippen LogP contribution in [0, 0.1) is 0 Å². The molecule has 0 amide bonds. The number of halogens is 3. The Hall–Kier alpha value is -2.31. The maximum Gasteiger partial charge on any atom is 0.408 e. The van der Waals surface area contributed by atoms with Crippen LogP contribution in [0.2, 0.25) is 0 Å². The Morgan fingerprint density at radius 1 is 1.32 bits per heavy atom. The lowest BCUT2D eigenvalue weighted by molar-refractivity contribution is -0.145. The number of carboxylic acid groups (broad SMARTS) is 1. The minimum Gasteiger partial charge on any atom is -0.478 e. The van der Waals surface area contributed by atoms with E-state index in [0.717, 1.165) is 0 Å². The summed E-state index contributed by atoms with van der Waals surface area (Å²) < 4.78 is 39.2. The number of alkyl halides is 3. The molecule has 2 aromatic rings. The van der Waals surface area contributed by atoms with E-state index < -0.39 is 18.2 Å². The van der Waals surface area contributed by atoms with Crippen molar-refractivity contribution >= 4 is 22.6 Å². The summed E-state index contributed by atoms with van der Waals surface area (Å²) in [4.78, 5) is 16.6. The van der Waals surface area contributed by atoms with Crippen LogP contribution in [-0.4, -0.2) is 34.8 Å². The molecule has 1 N–H and O–H groups in total. The fourth-order valence-corrected chi connectivity index (χ4v) is 2.92. The van der Waals surface area contributed by atoms with Crippen molar-refractivity contribution < 1.29 is 23.1 Å². The largest absolute Gasteiger partial charge is 0.478 e. The van der Waals surface area contributed by atoms with Gasteiger partial charge in [0.25, 0.3) is 0 Å². The van der Waals surface area contributed by atoms with Gasteiger partial charge in [0.05, 0.1) is 11.1 Å². The Balaban J connectivity index is 2.08. The van der Waals surface area contributed by atoms with Gasteiger partial charge >= 0.3 is 12.1 Å². The van der Waals surface area contributed by atoms with E-state index in [1.807, 2.05) is 0 Å². The molecule has 1 aliphatic heterocycles. The standard InChI is InChI=1S/C15H13F3N2O2/c16-15(17,18)13-2-1-7-20(13)9-3-4-12-11(8-9)10(14(21)22)5-6-19-12/h3-6,8,13H,1-2,7H2,(H,21,22). The molecule has 1 saturated heterocycles. The maximum atomic E-state index is 13.1. The van der Waals surface area contributed by atoms with Crippen molar-refractivity contribution in [2.45, 2.75) is 25.1 Å². The van der Waals surface area contributed by atoms with Gasteiger partial charge in [0, 0.05) is 23.8 Å². The van der Waals surface area contributed by atoms with E-state index >= 15 is 0 Å². The van der Waals surface area contributed by atoms with E-state index in [1.54, 1.807) is 12.1 Å². The lowest BCUT2D eigenvalue weighted by Gasteiger charge is -2.28. The van der Waals surface area contributed by atoms with E-state index in [0.29, 0.717) is 29.6 Å². The molecule has 4 nitrogen and oxygen atoms in total. The van der Waals surface area contributed by atoms with Gasteiger partial charge in [-0.25, -0.2) is 4.79 Å². The third-order valence-corrected chi connectivity index (χ3v) is 3.92. The van der Waals surface area contributed by atoms with Crippen molar-refractivity contribution in [1.82, 2.24) is 4.98 Å². The van der Waals surface area contributed by atoms with Gasteiger partial charge in [-0.05, 0) is 37.1 Å². The molecule has 1 aromatic heterocycles. The van der Waals surface area contributed by atoms with E-state index in [2.05, 4.69) is 4.98 Å². The molecule has 0 radical (unpaired) electrons. The first kappa shape index (κ1) is 14.6. The number of aromatic nitrogens is 1. The Kier molecular flexibility index (Phi) is 3.42. The summed E-state index contributed by atoms with van der Waals surface area (Å²) in [5.41, 5.74) is 0.865. The molecule has 0 spiro atoms. The molecule has 0 saturated carbocycles. The summed E-state index contributed by atoms with van der Waals surface area (Å²) in [6, 6.07) is 4.43. The van der Waals surface area contributed by atoms with E-state index in [1.165, 1.54) is 23.2 Å². The molecule has 2 heterocycles. The number of carboxylic acids is 1. The highest BCUT2D eigenvalue weighted by atomic mass is 19.4. The molecular formula is C15H13F3N2O2. The summed E-state index contributed by atoms with van der Waals surface area (Å²) >= 11 is 0. The number of pyridine rings is 1. The van der Waals surface area contributed by atoms with Crippen molar-refractivity contribution in [1.29, 1.82) is 0 Å². The van der Waals surface area contributed by atoms with E-state index in [9.17, 15) is 23.1 Å². The number of benzene rings is 1. The fourth-order valence-electron chi connectivity index (χ4n) is 2.92. The molecule has 3 rings (SSSR count). The number of fused-ring (bicyclic) bond motifs is 1. The van der Waals surface area contributed by atoms with Crippen molar-refractivity contribution in [3.05, 3.63) is 36.0 Å². The van der Waals surface area contributed by atoms with Crippen LogP contribution >= 0.6 is 0 Å². The van der Waals surface area contributed by atoms with Crippen LogP contribution < -0.4 is 4.90 Å². The van der Waals surface area contributed by atoms with Crippen LogP contribution in [-0.2, 0) is 0 Å². The van der Waals surface area contributed by atoms with Gasteiger partial charge < -0.3 is 10.0 Å². The SMILES string of the molecule is O=C(O)c1ccnc2ccc(N3CCCC3C(F)(F)F)cc12. The van der Waals surface area contributed by atoms with Gasteiger partial charge in [0.2, 0.25) is 0 Å². The highest BCUT2D eigenvalue weighted by molar-refractivity contribution is 6.03. The van der Waals surface area contributed by atoms with Crippen molar-refractivity contribution in [3.8, 4) is 0 Å². The topological polar surface area (TPSA) is 53.4 Å². The highest BCUT2D eigenvalue weighted by Gasteiger charge is 2.46. The highest BCUT2D eigenvalue weighted by Crippen LogP contribution is 2.37. The first-order valence-electron chi connectivity index (χ1n) is 6.83. The summed E-state index contributed by atoms with van der Waals surface area (Å²) in [5, 5.41) is 9.55. The van der Waals surface area contributed by atoms with Crippen LogP contribution in [0.4, 0.5) is 18.9 Å². The lowest BCUT2D eigenvalue weighted by atomic mass is 10.1. The van der Waals surface area contributed by atoms with Crippen molar-refractivity contribution in [2.24, 2.45) is 0 Å². The molecular weight excluding hydrogens is 297 g/mol. The summed E-state index contributed by atoms with van der Waals surface area (Å²) in [6.45, 7) is 0.304. The van der Waals surface area contributed by atoms with Crippen LogP contribution in [0.25, 0.3) is 10.9 Å². The second-order valence-corrected chi connectivity index (χ2v) is 5.26. The predicted octanol–water partition coefficient (Wildman–Crippen LogP) is 3.46. The molecule has 1 fully saturated rings. The quantitative estimate of drug-likeness (QED) is 0.923. The summed E-state index contributed by atoms with van der Waals surface area (Å²) in [6.07, 6.45) is -2.41. The van der Waals surface area contributed by atoms with Crippen LogP contribution in [0.3, 0.4) is 0 Å². The number of carbonyl (C=O) groups is 1. The molecule has 116 valence electrons. The summed E-state index contributed by atoms with van der Waals surface area (Å²) in [7, 11) is 0. The predicted molar refractivity (Wildman–Crippen MR) is 75.1 cm³/mol. The van der Waals surface area contributed by atoms with Gasteiger partial charge in [-0.2, -0.15) is 13.2 Å². The van der Waals surface area contributed by atoms with E-state index in [-0.39, 0.29) is 12.0 Å². The zero-order valence-electron chi connectivity index (χ0n) is 11.5. The minimum absolute atomic E-state index is 0.0367. The molecule has 1 atom stereocenters. The van der Waals surface area contributed by atoms with Gasteiger partial charge in [-0.15, -0.1) is 0 Å². The molecule has 7 heteroatoms. The van der Waals surface area contributed by atoms with Crippen molar-refractivity contribution in [3.63, 3.8) is 0 Å². The zero-order valence-corrected chi connectivity index (χ0v) is 11.5. The summed E-state index contributed by atoms with van der Waals surface area (Å²) in [5.74, 6) is -1.13. The Bertz CT molecular complexity index is 730. The average Bonchev–Trinajstić information content (AvgIpc) is 2.95. The Labute approximate surface area is 124 Å². The first-order chi connectivity index (χ1) is 10.4. The van der Waals surface area contributed by atoms with Crippen LogP contribution in [0.15, 0.2) is 30.5 Å². The second-order valence-electron chi connectivity index (χ2n) is 5.26. The van der Waals surface area contributed by atoms with Crippen LogP contribution in [0.1, 0.15) is 23.2 Å². The molecule has 22 heavy (non-hydrogen) atoms. The molecule has 0 aliphatic carbocycles. The number of hydrogen-bond acceptors (Lipinski definition) is 3. The van der Waals surface area contributed by atoms with Crippen LogP contribution in [0.5, 0.6) is 0 Å². The van der Waals surface area contributed by atoms with Gasteiger partial charge in [0.15, 0.2) is 0 Å². The Morgan fingerprint density at radius 3 is 2.77 bits per heavy atom. The molecule has 1 unspecified atom stereocenters. The smallest absolute Gasteiger partial charge is 0.408 e. The lowest BCUT2D eigenvalue weighted by Crippen LogP contribution is -2.41. The number of rotatable bonds is 2.